The fourth-order valence-corrected chi connectivity index (χ4v) is 2.62. The molecule has 2 aromatic carbocycles. The van der Waals surface area contributed by atoms with E-state index < -0.39 is 0 Å². The lowest BCUT2D eigenvalue weighted by atomic mass is 10.3. The van der Waals surface area contributed by atoms with E-state index in [-0.39, 0.29) is 0 Å². The third kappa shape index (κ3) is 2.15. The lowest BCUT2D eigenvalue weighted by Gasteiger charge is -1.98. The molecular formula is C14H11NOS. The van der Waals surface area contributed by atoms with Crippen LogP contribution in [0.4, 0.5) is 0 Å². The Kier molecular flexibility index (Phi) is 2.53. The highest BCUT2D eigenvalue weighted by molar-refractivity contribution is 7.99. The number of rotatable bonds is 2. The molecule has 3 heteroatoms. The number of phenols is 1. The van der Waals surface area contributed by atoms with Crippen molar-refractivity contribution in [3.63, 3.8) is 0 Å². The van der Waals surface area contributed by atoms with E-state index >= 15 is 0 Å². The zero-order valence-corrected chi connectivity index (χ0v) is 9.87. The van der Waals surface area contributed by atoms with Crippen LogP contribution in [0, 0.1) is 0 Å². The summed E-state index contributed by atoms with van der Waals surface area (Å²) in [7, 11) is 0. The number of benzene rings is 2. The van der Waals surface area contributed by atoms with E-state index in [0.29, 0.717) is 5.75 Å². The van der Waals surface area contributed by atoms with Gasteiger partial charge in [0.25, 0.3) is 0 Å². The van der Waals surface area contributed by atoms with Gasteiger partial charge in [0.2, 0.25) is 0 Å². The fraction of sp³-hybridized carbons (Fsp3) is 0. The third-order valence-electron chi connectivity index (χ3n) is 2.57. The van der Waals surface area contributed by atoms with Crippen molar-refractivity contribution in [3.8, 4) is 5.75 Å². The predicted octanol–water partition coefficient (Wildman–Crippen LogP) is 4.02. The van der Waals surface area contributed by atoms with Gasteiger partial charge in [0.15, 0.2) is 0 Å². The molecule has 3 aromatic rings. The molecule has 0 atom stereocenters. The predicted molar refractivity (Wildman–Crippen MR) is 70.5 cm³/mol. The molecule has 17 heavy (non-hydrogen) atoms. The van der Waals surface area contributed by atoms with Crippen LogP contribution in [0.2, 0.25) is 0 Å². The van der Waals surface area contributed by atoms with Gasteiger partial charge in [0, 0.05) is 15.8 Å². The van der Waals surface area contributed by atoms with Crippen LogP contribution in [0.25, 0.3) is 10.9 Å². The molecule has 2 N–H and O–H groups in total. The summed E-state index contributed by atoms with van der Waals surface area (Å²) < 4.78 is 0. The molecule has 1 aromatic heterocycles. The van der Waals surface area contributed by atoms with Gasteiger partial charge in [-0.25, -0.2) is 0 Å². The van der Waals surface area contributed by atoms with Crippen molar-refractivity contribution in [2.24, 2.45) is 0 Å². The van der Waals surface area contributed by atoms with Crippen LogP contribution >= 0.6 is 11.8 Å². The van der Waals surface area contributed by atoms with Gasteiger partial charge in [-0.1, -0.05) is 30.0 Å². The maximum absolute atomic E-state index is 9.22. The van der Waals surface area contributed by atoms with E-state index in [1.807, 2.05) is 24.3 Å². The summed E-state index contributed by atoms with van der Waals surface area (Å²) in [4.78, 5) is 4.47. The Bertz CT molecular complexity index is 610. The summed E-state index contributed by atoms with van der Waals surface area (Å²) in [5, 5.41) is 11.5. The number of aromatic amines is 1. The zero-order chi connectivity index (χ0) is 11.7. The Balaban J connectivity index is 1.92. The van der Waals surface area contributed by atoms with Gasteiger partial charge < -0.3 is 10.1 Å². The second-order valence-electron chi connectivity index (χ2n) is 3.82. The summed E-state index contributed by atoms with van der Waals surface area (Å²) >= 11 is 1.66. The van der Waals surface area contributed by atoms with E-state index in [9.17, 15) is 5.11 Å². The summed E-state index contributed by atoms with van der Waals surface area (Å²) in [5.41, 5.74) is 1.15. The SMILES string of the molecule is Oc1ccc(Sc2cc3ccccc3[nH]2)cc1. The van der Waals surface area contributed by atoms with Crippen LogP contribution < -0.4 is 0 Å². The first-order valence-corrected chi connectivity index (χ1v) is 6.17. The van der Waals surface area contributed by atoms with Crippen molar-refractivity contribution in [2.45, 2.75) is 9.92 Å². The fourth-order valence-electron chi connectivity index (χ4n) is 1.74. The lowest BCUT2D eigenvalue weighted by molar-refractivity contribution is 0.475. The van der Waals surface area contributed by atoms with Crippen LogP contribution in [0.5, 0.6) is 5.75 Å². The van der Waals surface area contributed by atoms with Crippen molar-refractivity contribution < 1.29 is 5.11 Å². The van der Waals surface area contributed by atoms with Gasteiger partial charge in [-0.05, 0) is 36.4 Å². The number of phenolic OH excluding ortho intramolecular Hbond substituents is 1. The van der Waals surface area contributed by atoms with Crippen LogP contribution in [0.15, 0.2) is 64.5 Å². The van der Waals surface area contributed by atoms with E-state index in [4.69, 9.17) is 0 Å². The summed E-state index contributed by atoms with van der Waals surface area (Å²) in [6.45, 7) is 0. The smallest absolute Gasteiger partial charge is 0.115 e. The first-order valence-electron chi connectivity index (χ1n) is 5.36. The molecule has 0 bridgehead atoms. The minimum Gasteiger partial charge on any atom is -0.508 e. The number of H-pyrrole nitrogens is 1. The molecule has 0 aliphatic heterocycles. The minimum atomic E-state index is 0.297. The van der Waals surface area contributed by atoms with Gasteiger partial charge in [0.1, 0.15) is 5.75 Å². The van der Waals surface area contributed by atoms with Crippen molar-refractivity contribution in [2.75, 3.05) is 0 Å². The Morgan fingerprint density at radius 3 is 2.47 bits per heavy atom. The number of fused-ring (bicyclic) bond motifs is 1. The van der Waals surface area contributed by atoms with E-state index in [1.165, 1.54) is 5.39 Å². The largest absolute Gasteiger partial charge is 0.508 e. The minimum absolute atomic E-state index is 0.297. The van der Waals surface area contributed by atoms with E-state index in [1.54, 1.807) is 23.9 Å². The topological polar surface area (TPSA) is 36.0 Å². The number of hydrogen-bond acceptors (Lipinski definition) is 2. The highest BCUT2D eigenvalue weighted by atomic mass is 32.2. The molecule has 0 radical (unpaired) electrons. The van der Waals surface area contributed by atoms with Gasteiger partial charge in [0.05, 0.1) is 5.03 Å². The Labute approximate surface area is 103 Å². The molecule has 84 valence electrons. The van der Waals surface area contributed by atoms with E-state index in [2.05, 4.69) is 23.2 Å². The second kappa shape index (κ2) is 4.18. The van der Waals surface area contributed by atoms with Crippen LogP contribution in [-0.2, 0) is 0 Å². The number of nitrogens with one attached hydrogen (secondary N) is 1. The third-order valence-corrected chi connectivity index (χ3v) is 3.52. The van der Waals surface area contributed by atoms with Crippen LogP contribution in [0.3, 0.4) is 0 Å². The maximum Gasteiger partial charge on any atom is 0.115 e. The Morgan fingerprint density at radius 1 is 0.941 bits per heavy atom. The molecule has 1 heterocycles. The normalized spacial score (nSPS) is 10.8. The van der Waals surface area contributed by atoms with Crippen molar-refractivity contribution in [1.82, 2.24) is 4.98 Å². The standard InChI is InChI=1S/C14H11NOS/c16-11-5-7-12(8-6-11)17-14-9-10-3-1-2-4-13(10)15-14/h1-9,15-16H. The molecule has 0 saturated heterocycles. The summed E-state index contributed by atoms with van der Waals surface area (Å²) in [5.74, 6) is 0.297. The monoisotopic (exact) mass is 241 g/mol. The number of hydrogen-bond donors (Lipinski definition) is 2. The van der Waals surface area contributed by atoms with Gasteiger partial charge in [-0.15, -0.1) is 0 Å². The molecule has 2 nitrogen and oxygen atoms in total. The second-order valence-corrected chi connectivity index (χ2v) is 4.93. The highest BCUT2D eigenvalue weighted by Crippen LogP contribution is 2.30. The van der Waals surface area contributed by atoms with E-state index in [0.717, 1.165) is 15.4 Å². The molecule has 0 aliphatic rings. The molecule has 0 saturated carbocycles. The number of para-hydroxylation sites is 1. The van der Waals surface area contributed by atoms with Crippen molar-refractivity contribution in [3.05, 3.63) is 54.6 Å². The first-order chi connectivity index (χ1) is 8.31. The molecule has 0 aliphatic carbocycles. The molecule has 0 spiro atoms. The van der Waals surface area contributed by atoms with Gasteiger partial charge in [-0.3, -0.25) is 0 Å². The maximum atomic E-state index is 9.22. The Morgan fingerprint density at radius 2 is 1.71 bits per heavy atom. The van der Waals surface area contributed by atoms with Crippen LogP contribution in [0.1, 0.15) is 0 Å². The molecule has 0 amide bonds. The molecular weight excluding hydrogens is 230 g/mol. The first kappa shape index (κ1) is 10.3. The van der Waals surface area contributed by atoms with Crippen LogP contribution in [-0.4, -0.2) is 10.1 Å². The Hall–Kier alpha value is -1.87. The molecule has 3 rings (SSSR count). The lowest BCUT2D eigenvalue weighted by Crippen LogP contribution is -1.72. The molecule has 0 unspecified atom stereocenters. The molecule has 0 fully saturated rings. The highest BCUT2D eigenvalue weighted by Gasteiger charge is 2.02. The zero-order valence-electron chi connectivity index (χ0n) is 9.05. The average molecular weight is 241 g/mol. The van der Waals surface area contributed by atoms with Crippen molar-refractivity contribution in [1.29, 1.82) is 0 Å². The van der Waals surface area contributed by atoms with Gasteiger partial charge >= 0.3 is 0 Å². The average Bonchev–Trinajstić information content (AvgIpc) is 2.74. The summed E-state index contributed by atoms with van der Waals surface area (Å²) in [6, 6.07) is 17.6. The van der Waals surface area contributed by atoms with Crippen molar-refractivity contribution >= 4 is 22.7 Å². The quantitative estimate of drug-likeness (QED) is 0.710. The number of aromatic hydroxyl groups is 1. The van der Waals surface area contributed by atoms with Gasteiger partial charge in [-0.2, -0.15) is 0 Å². The summed E-state index contributed by atoms with van der Waals surface area (Å²) in [6.07, 6.45) is 0. The number of aromatic nitrogens is 1.